The summed E-state index contributed by atoms with van der Waals surface area (Å²) in [5, 5.41) is 7.37. The largest absolute Gasteiger partial charge is 0.339 e. The van der Waals surface area contributed by atoms with E-state index in [1.54, 1.807) is 18.2 Å². The predicted molar refractivity (Wildman–Crippen MR) is 80.9 cm³/mol. The SMILES string of the molecule is C/C(CC(C)C)=N\NC(=O)Nc1cccc(Cl)c1C. The van der Waals surface area contributed by atoms with Crippen LogP contribution in [0.25, 0.3) is 0 Å². The minimum absolute atomic E-state index is 0.367. The van der Waals surface area contributed by atoms with E-state index in [0.29, 0.717) is 16.6 Å². The van der Waals surface area contributed by atoms with Crippen LogP contribution in [0.2, 0.25) is 5.02 Å². The third-order valence-corrected chi connectivity index (χ3v) is 2.98. The molecular weight excluding hydrogens is 262 g/mol. The maximum absolute atomic E-state index is 11.7. The summed E-state index contributed by atoms with van der Waals surface area (Å²) in [7, 11) is 0. The van der Waals surface area contributed by atoms with Gasteiger partial charge in [0.15, 0.2) is 0 Å². The Morgan fingerprint density at radius 2 is 2.11 bits per heavy atom. The first-order chi connectivity index (χ1) is 8.90. The molecule has 1 aromatic rings. The fourth-order valence-electron chi connectivity index (χ4n) is 1.68. The highest BCUT2D eigenvalue weighted by atomic mass is 35.5. The van der Waals surface area contributed by atoms with Crippen LogP contribution in [0.4, 0.5) is 10.5 Å². The average molecular weight is 282 g/mol. The van der Waals surface area contributed by atoms with Gasteiger partial charge >= 0.3 is 6.03 Å². The van der Waals surface area contributed by atoms with Crippen LogP contribution in [0.15, 0.2) is 23.3 Å². The zero-order valence-corrected chi connectivity index (χ0v) is 12.5. The van der Waals surface area contributed by atoms with Crippen LogP contribution in [0.1, 0.15) is 32.8 Å². The first kappa shape index (κ1) is 15.5. The van der Waals surface area contributed by atoms with Gasteiger partial charge in [-0.25, -0.2) is 10.2 Å². The van der Waals surface area contributed by atoms with E-state index in [2.05, 4.69) is 29.7 Å². The minimum atomic E-state index is -0.367. The van der Waals surface area contributed by atoms with Gasteiger partial charge in [0.25, 0.3) is 0 Å². The topological polar surface area (TPSA) is 53.5 Å². The Labute approximate surface area is 119 Å². The molecule has 0 heterocycles. The quantitative estimate of drug-likeness (QED) is 0.631. The number of hydrazone groups is 1. The van der Waals surface area contributed by atoms with Gasteiger partial charge in [-0.05, 0) is 43.9 Å². The molecule has 0 aliphatic heterocycles. The van der Waals surface area contributed by atoms with E-state index in [4.69, 9.17) is 11.6 Å². The van der Waals surface area contributed by atoms with Gasteiger partial charge in [-0.3, -0.25) is 0 Å². The van der Waals surface area contributed by atoms with E-state index in [9.17, 15) is 4.79 Å². The fraction of sp³-hybridized carbons (Fsp3) is 0.429. The minimum Gasteiger partial charge on any atom is -0.306 e. The zero-order valence-electron chi connectivity index (χ0n) is 11.7. The molecule has 1 rings (SSSR count). The Hall–Kier alpha value is -1.55. The third-order valence-electron chi connectivity index (χ3n) is 2.57. The maximum atomic E-state index is 11.7. The van der Waals surface area contributed by atoms with Crippen molar-refractivity contribution in [1.82, 2.24) is 5.43 Å². The van der Waals surface area contributed by atoms with Crippen molar-refractivity contribution in [3.63, 3.8) is 0 Å². The van der Waals surface area contributed by atoms with Crippen molar-refractivity contribution in [2.75, 3.05) is 5.32 Å². The second-order valence-electron chi connectivity index (χ2n) is 4.92. The molecule has 0 aromatic heterocycles. The molecule has 0 bridgehead atoms. The molecule has 0 spiro atoms. The second kappa shape index (κ2) is 7.14. The third kappa shape index (κ3) is 5.30. The summed E-state index contributed by atoms with van der Waals surface area (Å²) >= 11 is 5.98. The molecule has 0 aliphatic rings. The number of urea groups is 1. The number of nitrogens with one attached hydrogen (secondary N) is 2. The fourth-order valence-corrected chi connectivity index (χ4v) is 1.85. The predicted octanol–water partition coefficient (Wildman–Crippen LogP) is 4.19. The molecule has 0 radical (unpaired) electrons. The highest BCUT2D eigenvalue weighted by Gasteiger charge is 2.06. The lowest BCUT2D eigenvalue weighted by atomic mass is 10.1. The molecule has 0 unspecified atom stereocenters. The van der Waals surface area contributed by atoms with E-state index < -0.39 is 0 Å². The van der Waals surface area contributed by atoms with Gasteiger partial charge in [0, 0.05) is 16.4 Å². The molecule has 0 aliphatic carbocycles. The van der Waals surface area contributed by atoms with Crippen LogP contribution >= 0.6 is 11.6 Å². The summed E-state index contributed by atoms with van der Waals surface area (Å²) in [5.41, 5.74) is 4.89. The molecule has 0 saturated heterocycles. The van der Waals surface area contributed by atoms with E-state index in [0.717, 1.165) is 17.7 Å². The van der Waals surface area contributed by atoms with E-state index in [1.807, 2.05) is 13.8 Å². The smallest absolute Gasteiger partial charge is 0.306 e. The number of amides is 2. The summed E-state index contributed by atoms with van der Waals surface area (Å²) in [6.07, 6.45) is 0.858. The van der Waals surface area contributed by atoms with Gasteiger partial charge in [-0.15, -0.1) is 0 Å². The van der Waals surface area contributed by atoms with Crippen molar-refractivity contribution in [3.05, 3.63) is 28.8 Å². The van der Waals surface area contributed by atoms with Gasteiger partial charge < -0.3 is 5.32 Å². The number of nitrogens with zero attached hydrogens (tertiary/aromatic N) is 1. The molecule has 2 N–H and O–H groups in total. The number of anilines is 1. The normalized spacial score (nSPS) is 11.6. The molecule has 1 aromatic carbocycles. The van der Waals surface area contributed by atoms with Crippen molar-refractivity contribution in [3.8, 4) is 0 Å². The Balaban J connectivity index is 2.59. The van der Waals surface area contributed by atoms with Gasteiger partial charge in [0.1, 0.15) is 0 Å². The number of benzene rings is 1. The monoisotopic (exact) mass is 281 g/mol. The summed E-state index contributed by atoms with van der Waals surface area (Å²) < 4.78 is 0. The Morgan fingerprint density at radius 3 is 2.74 bits per heavy atom. The van der Waals surface area contributed by atoms with E-state index in [1.165, 1.54) is 0 Å². The summed E-state index contributed by atoms with van der Waals surface area (Å²) in [5.74, 6) is 0.517. The number of hydrogen-bond acceptors (Lipinski definition) is 2. The lowest BCUT2D eigenvalue weighted by molar-refractivity contribution is 0.252. The highest BCUT2D eigenvalue weighted by molar-refractivity contribution is 6.31. The van der Waals surface area contributed by atoms with Crippen LogP contribution in [-0.4, -0.2) is 11.7 Å². The number of rotatable bonds is 4. The van der Waals surface area contributed by atoms with E-state index >= 15 is 0 Å². The second-order valence-corrected chi connectivity index (χ2v) is 5.33. The molecule has 19 heavy (non-hydrogen) atoms. The van der Waals surface area contributed by atoms with Crippen molar-refractivity contribution in [2.24, 2.45) is 11.0 Å². The standard InChI is InChI=1S/C14H20ClN3O/c1-9(2)8-10(3)17-18-14(19)16-13-7-5-6-12(15)11(13)4/h5-7,9H,8H2,1-4H3,(H2,16,18,19)/b17-10+. The van der Waals surface area contributed by atoms with Gasteiger partial charge in [-0.1, -0.05) is 31.5 Å². The number of carbonyl (C=O) groups is 1. The summed E-state index contributed by atoms with van der Waals surface area (Å²) in [6, 6.07) is 5.00. The summed E-state index contributed by atoms with van der Waals surface area (Å²) in [6.45, 7) is 7.96. The van der Waals surface area contributed by atoms with Crippen LogP contribution in [-0.2, 0) is 0 Å². The van der Waals surface area contributed by atoms with Crippen molar-refractivity contribution < 1.29 is 4.79 Å². The molecule has 2 amide bonds. The maximum Gasteiger partial charge on any atom is 0.339 e. The number of hydrogen-bond donors (Lipinski definition) is 2. The zero-order chi connectivity index (χ0) is 14.4. The van der Waals surface area contributed by atoms with Crippen LogP contribution in [0, 0.1) is 12.8 Å². The van der Waals surface area contributed by atoms with Crippen molar-refractivity contribution in [2.45, 2.75) is 34.1 Å². The van der Waals surface area contributed by atoms with Crippen molar-refractivity contribution >= 4 is 29.0 Å². The first-order valence-electron chi connectivity index (χ1n) is 6.25. The van der Waals surface area contributed by atoms with Gasteiger partial charge in [0.2, 0.25) is 0 Å². The summed E-state index contributed by atoms with van der Waals surface area (Å²) in [4.78, 5) is 11.7. The van der Waals surface area contributed by atoms with E-state index in [-0.39, 0.29) is 6.03 Å². The van der Waals surface area contributed by atoms with Gasteiger partial charge in [0.05, 0.1) is 0 Å². The molecule has 4 nitrogen and oxygen atoms in total. The number of carbonyl (C=O) groups excluding carboxylic acids is 1. The highest BCUT2D eigenvalue weighted by Crippen LogP contribution is 2.22. The van der Waals surface area contributed by atoms with Crippen LogP contribution < -0.4 is 10.7 Å². The lowest BCUT2D eigenvalue weighted by Gasteiger charge is -2.09. The molecule has 0 fully saturated rings. The Kier molecular flexibility index (Phi) is 5.83. The molecule has 5 heteroatoms. The molecule has 0 atom stereocenters. The number of halogens is 1. The lowest BCUT2D eigenvalue weighted by Crippen LogP contribution is -2.25. The average Bonchev–Trinajstić information content (AvgIpc) is 2.32. The molecule has 0 saturated carbocycles. The van der Waals surface area contributed by atoms with Crippen molar-refractivity contribution in [1.29, 1.82) is 0 Å². The first-order valence-corrected chi connectivity index (χ1v) is 6.63. The van der Waals surface area contributed by atoms with Crippen LogP contribution in [0.5, 0.6) is 0 Å². The van der Waals surface area contributed by atoms with Crippen LogP contribution in [0.3, 0.4) is 0 Å². The molecular formula is C14H20ClN3O. The Bertz CT molecular complexity index is 484. The van der Waals surface area contributed by atoms with Gasteiger partial charge in [-0.2, -0.15) is 5.10 Å². The Morgan fingerprint density at radius 1 is 1.42 bits per heavy atom. The molecule has 104 valence electrons.